The Balaban J connectivity index is 0.00000480. The van der Waals surface area contributed by atoms with Crippen molar-refractivity contribution in [2.75, 3.05) is 0 Å². The van der Waals surface area contributed by atoms with Crippen LogP contribution in [-0.4, -0.2) is 50.1 Å². The van der Waals surface area contributed by atoms with Crippen LogP contribution in [0.4, 0.5) is 0 Å². The zero-order chi connectivity index (χ0) is 22.9. The lowest BCUT2D eigenvalue weighted by atomic mass is 9.65. The van der Waals surface area contributed by atoms with Gasteiger partial charge < -0.3 is 25.4 Å². The number of ketones is 1. The molecule has 4 N–H and O–H groups in total. The summed E-state index contributed by atoms with van der Waals surface area (Å²) < 4.78 is 5.36. The van der Waals surface area contributed by atoms with E-state index < -0.39 is 52.2 Å². The summed E-state index contributed by atoms with van der Waals surface area (Å²) in [5.74, 6) is -6.17. The third-order valence-corrected chi connectivity index (χ3v) is 5.14. The largest absolute Gasteiger partial charge is 0.508 e. The van der Waals surface area contributed by atoms with Crippen molar-refractivity contribution in [2.45, 2.75) is 38.8 Å². The number of aliphatic hydroxyl groups is 2. The number of rotatable bonds is 5. The molecule has 2 rings (SSSR count). The first-order valence-electron chi connectivity index (χ1n) is 9.04. The maximum absolute atomic E-state index is 12.9. The van der Waals surface area contributed by atoms with Gasteiger partial charge in [0.05, 0.1) is 5.92 Å². The van der Waals surface area contributed by atoms with Crippen LogP contribution >= 0.6 is 27.0 Å². The monoisotopic (exact) mass is 485 g/mol. The van der Waals surface area contributed by atoms with E-state index in [4.69, 9.17) is 9.84 Å². The lowest BCUT2D eigenvalue weighted by Crippen LogP contribution is -2.59. The molecule has 0 aromatic rings. The van der Waals surface area contributed by atoms with Gasteiger partial charge in [-0.3, -0.25) is 9.59 Å². The summed E-state index contributed by atoms with van der Waals surface area (Å²) in [6.45, 7) is 5.70. The Labute approximate surface area is 199 Å². The molecular weight excluding hydrogens is 458 g/mol. The van der Waals surface area contributed by atoms with Gasteiger partial charge in [-0.25, -0.2) is 9.59 Å². The van der Waals surface area contributed by atoms with Crippen LogP contribution in [0.1, 0.15) is 27.7 Å². The Morgan fingerprint density at radius 3 is 2.19 bits per heavy atom. The highest BCUT2D eigenvalue weighted by molar-refractivity contribution is 7.59. The summed E-state index contributed by atoms with van der Waals surface area (Å²) in [6, 6.07) is 0. The van der Waals surface area contributed by atoms with Crippen LogP contribution in [-0.2, 0) is 23.9 Å². The summed E-state index contributed by atoms with van der Waals surface area (Å²) in [7, 11) is 0. The van der Waals surface area contributed by atoms with Gasteiger partial charge in [0, 0.05) is 23.3 Å². The Hall–Kier alpha value is -2.92. The topological polar surface area (TPSA) is 150 Å². The number of esters is 1. The highest BCUT2D eigenvalue weighted by Gasteiger charge is 2.68. The quantitative estimate of drug-likeness (QED) is 0.200. The molecule has 0 spiro atoms. The summed E-state index contributed by atoms with van der Waals surface area (Å²) in [4.78, 5) is 48.5. The van der Waals surface area contributed by atoms with Gasteiger partial charge in [0.1, 0.15) is 17.1 Å². The number of amides is 1. The molecule has 11 heteroatoms. The van der Waals surface area contributed by atoms with E-state index in [0.29, 0.717) is 12.2 Å². The molecule has 0 bridgehead atoms. The molecule has 9 nitrogen and oxygen atoms in total. The number of allylic oxidation sites excluding steroid dienone is 5. The molecule has 0 saturated carbocycles. The lowest BCUT2D eigenvalue weighted by molar-refractivity contribution is -0.157. The molecule has 1 amide bonds. The van der Waals surface area contributed by atoms with E-state index in [2.05, 4.69) is 5.32 Å². The van der Waals surface area contributed by atoms with Gasteiger partial charge in [-0.2, -0.15) is 27.0 Å². The minimum Gasteiger partial charge on any atom is -0.508 e. The minimum atomic E-state index is -1.88. The first kappa shape index (κ1) is 29.1. The second-order valence-electron chi connectivity index (χ2n) is 7.28. The molecule has 1 heterocycles. The fourth-order valence-electron chi connectivity index (χ4n) is 3.77. The van der Waals surface area contributed by atoms with Crippen molar-refractivity contribution in [1.29, 1.82) is 0 Å². The standard InChI is InChI=1S/C21H23NO8.2H2S/c1-5-6-7-8-12(23)15-16(27)11(2)18(28)21(4)17(15)20(3,19(29)30-21)22-13(24)9-10-14(25)26;;/h5-10,17,23,27H,1-4H3,(H,22,24)(H,25,26);2*1H2/b6-5+,8-7+,10-9+,15-12+;;/t17-,20+,21+;;/m1../s1. The number of hydrogen-bond donors (Lipinski definition) is 4. The number of nitrogens with one attached hydrogen (secondary N) is 1. The van der Waals surface area contributed by atoms with Gasteiger partial charge in [0.15, 0.2) is 5.60 Å². The lowest BCUT2D eigenvalue weighted by Gasteiger charge is -2.39. The van der Waals surface area contributed by atoms with Crippen molar-refractivity contribution in [2.24, 2.45) is 5.92 Å². The molecule has 3 atom stereocenters. The summed E-state index contributed by atoms with van der Waals surface area (Å²) in [5.41, 5.74) is -3.93. The highest BCUT2D eigenvalue weighted by Crippen LogP contribution is 2.51. The number of Topliss-reactive ketones (excluding diaryl/α,β-unsaturated/α-hetero) is 1. The molecule has 1 saturated heterocycles. The predicted molar refractivity (Wildman–Crippen MR) is 126 cm³/mol. The van der Waals surface area contributed by atoms with Crippen LogP contribution in [0, 0.1) is 5.92 Å². The molecule has 1 aliphatic carbocycles. The van der Waals surface area contributed by atoms with Crippen LogP contribution in [0.25, 0.3) is 0 Å². The number of carbonyl (C=O) groups is 4. The Morgan fingerprint density at radius 1 is 1.06 bits per heavy atom. The summed E-state index contributed by atoms with van der Waals surface area (Å²) in [6.07, 6.45) is 7.36. The van der Waals surface area contributed by atoms with Crippen LogP contribution < -0.4 is 5.32 Å². The third kappa shape index (κ3) is 4.94. The van der Waals surface area contributed by atoms with Gasteiger partial charge in [-0.15, -0.1) is 0 Å². The van der Waals surface area contributed by atoms with E-state index in [0.717, 1.165) is 0 Å². The number of carbonyl (C=O) groups excluding carboxylic acids is 3. The van der Waals surface area contributed by atoms with Crippen molar-refractivity contribution in [3.8, 4) is 0 Å². The van der Waals surface area contributed by atoms with Gasteiger partial charge >= 0.3 is 11.9 Å². The predicted octanol–water partition coefficient (Wildman–Crippen LogP) is 2.02. The van der Waals surface area contributed by atoms with Crippen LogP contribution in [0.2, 0.25) is 0 Å². The molecule has 176 valence electrons. The second kappa shape index (κ2) is 10.6. The van der Waals surface area contributed by atoms with Crippen molar-refractivity contribution in [3.05, 3.63) is 59.1 Å². The average Bonchev–Trinajstić information content (AvgIpc) is 2.86. The van der Waals surface area contributed by atoms with Crippen molar-refractivity contribution in [1.82, 2.24) is 5.32 Å². The third-order valence-electron chi connectivity index (χ3n) is 5.14. The van der Waals surface area contributed by atoms with E-state index in [9.17, 15) is 29.4 Å². The highest BCUT2D eigenvalue weighted by atomic mass is 32.1. The first-order chi connectivity index (χ1) is 13.9. The Kier molecular flexibility index (Phi) is 9.63. The number of carboxylic acid groups (broad SMARTS) is 1. The smallest absolute Gasteiger partial charge is 0.333 e. The van der Waals surface area contributed by atoms with Crippen LogP contribution in [0.3, 0.4) is 0 Å². The number of aliphatic carboxylic acids is 1. The number of carboxylic acids is 1. The minimum absolute atomic E-state index is 0. The number of aliphatic hydroxyl groups excluding tert-OH is 2. The van der Waals surface area contributed by atoms with Crippen LogP contribution in [0.5, 0.6) is 0 Å². The molecule has 0 radical (unpaired) electrons. The number of hydrogen-bond acceptors (Lipinski definition) is 7. The molecule has 1 aliphatic heterocycles. The maximum atomic E-state index is 12.9. The van der Waals surface area contributed by atoms with E-state index in [1.807, 2.05) is 0 Å². The Bertz CT molecular complexity index is 978. The van der Waals surface area contributed by atoms with Gasteiger partial charge in [0.25, 0.3) is 0 Å². The SMILES string of the molecule is C/C=C/C=C/C(O)=C1/C(O)=C(C)C(=O)[C@@]2(C)OC(=O)[C@@](C)(NC(=O)/C=C/C(=O)O)[C@@H]12.S.S. The van der Waals surface area contributed by atoms with E-state index in [-0.39, 0.29) is 38.1 Å². The van der Waals surface area contributed by atoms with Gasteiger partial charge in [0.2, 0.25) is 11.7 Å². The van der Waals surface area contributed by atoms with Gasteiger partial charge in [-0.05, 0) is 33.8 Å². The Morgan fingerprint density at radius 2 is 1.66 bits per heavy atom. The molecule has 0 aromatic heterocycles. The molecule has 2 aliphatic rings. The van der Waals surface area contributed by atoms with Gasteiger partial charge in [-0.1, -0.05) is 18.2 Å². The van der Waals surface area contributed by atoms with Crippen molar-refractivity contribution in [3.63, 3.8) is 0 Å². The maximum Gasteiger partial charge on any atom is 0.333 e. The molecular formula is C21H27NO8S2. The van der Waals surface area contributed by atoms with Crippen molar-refractivity contribution >= 4 is 50.6 Å². The fourth-order valence-corrected chi connectivity index (χ4v) is 3.77. The zero-order valence-corrected chi connectivity index (χ0v) is 19.9. The average molecular weight is 486 g/mol. The zero-order valence-electron chi connectivity index (χ0n) is 17.9. The number of ether oxygens (including phenoxy) is 1. The first-order valence-corrected chi connectivity index (χ1v) is 9.04. The van der Waals surface area contributed by atoms with E-state index >= 15 is 0 Å². The summed E-state index contributed by atoms with van der Waals surface area (Å²) in [5, 5.41) is 32.3. The molecule has 1 fully saturated rings. The number of fused-ring (bicyclic) bond motifs is 1. The fraction of sp³-hybridized carbons (Fsp3) is 0.333. The van der Waals surface area contributed by atoms with Crippen LogP contribution in [0.15, 0.2) is 59.1 Å². The second-order valence-corrected chi connectivity index (χ2v) is 7.28. The molecule has 32 heavy (non-hydrogen) atoms. The summed E-state index contributed by atoms with van der Waals surface area (Å²) >= 11 is 0. The normalized spacial score (nSPS) is 28.9. The van der Waals surface area contributed by atoms with E-state index in [1.54, 1.807) is 19.1 Å². The molecule has 0 aromatic carbocycles. The molecule has 0 unspecified atom stereocenters. The van der Waals surface area contributed by atoms with E-state index in [1.165, 1.54) is 32.9 Å². The van der Waals surface area contributed by atoms with Crippen molar-refractivity contribution < 1.29 is 39.2 Å².